The highest BCUT2D eigenvalue weighted by molar-refractivity contribution is 6.36. The fourth-order valence-electron chi connectivity index (χ4n) is 1.51. The smallest absolute Gasteiger partial charge is 0.0621 e. The van der Waals surface area contributed by atoms with Gasteiger partial charge in [0, 0.05) is 28.6 Å². The summed E-state index contributed by atoms with van der Waals surface area (Å²) in [6.45, 7) is 4.65. The lowest BCUT2D eigenvalue weighted by molar-refractivity contribution is -0.0712. The molecule has 0 bridgehead atoms. The van der Waals surface area contributed by atoms with Crippen molar-refractivity contribution in [3.8, 4) is 0 Å². The van der Waals surface area contributed by atoms with E-state index in [9.17, 15) is 5.11 Å². The van der Waals surface area contributed by atoms with Gasteiger partial charge in [-0.25, -0.2) is 0 Å². The minimum Gasteiger partial charge on any atom is -0.392 e. The van der Waals surface area contributed by atoms with Gasteiger partial charge in [-0.3, -0.25) is 0 Å². The van der Waals surface area contributed by atoms with Crippen LogP contribution in [0.25, 0.3) is 0 Å². The van der Waals surface area contributed by atoms with Gasteiger partial charge in [0.1, 0.15) is 0 Å². The van der Waals surface area contributed by atoms with E-state index < -0.39 is 0 Å². The van der Waals surface area contributed by atoms with Crippen LogP contribution in [0.3, 0.4) is 0 Å². The molecule has 1 saturated carbocycles. The van der Waals surface area contributed by atoms with E-state index >= 15 is 0 Å². The van der Waals surface area contributed by atoms with Crippen LogP contribution in [0.15, 0.2) is 10.6 Å². The molecule has 0 spiro atoms. The molecular formula is C9H15Cl2NO. The van der Waals surface area contributed by atoms with Gasteiger partial charge in [-0.15, -0.1) is 0 Å². The third kappa shape index (κ3) is 2.38. The summed E-state index contributed by atoms with van der Waals surface area (Å²) in [5.41, 5.74) is 1.31. The monoisotopic (exact) mass is 223 g/mol. The summed E-state index contributed by atoms with van der Waals surface area (Å²) in [4.78, 5) is 0. The zero-order valence-electron chi connectivity index (χ0n) is 7.85. The van der Waals surface area contributed by atoms with Crippen LogP contribution in [0.2, 0.25) is 0 Å². The molecule has 2 atom stereocenters. The van der Waals surface area contributed by atoms with Crippen LogP contribution in [0.4, 0.5) is 0 Å². The topological polar surface area (TPSA) is 32.3 Å². The number of rotatable bonds is 3. The van der Waals surface area contributed by atoms with Gasteiger partial charge in [-0.2, -0.15) is 0 Å². The van der Waals surface area contributed by atoms with Crippen molar-refractivity contribution in [3.63, 3.8) is 0 Å². The Labute approximate surface area is 88.9 Å². The second kappa shape index (κ2) is 4.18. The number of halogens is 2. The summed E-state index contributed by atoms with van der Waals surface area (Å²) in [7, 11) is 0. The zero-order valence-corrected chi connectivity index (χ0v) is 9.36. The lowest BCUT2D eigenvalue weighted by Crippen LogP contribution is -2.60. The second-order valence-electron chi connectivity index (χ2n) is 4.06. The van der Waals surface area contributed by atoms with E-state index in [1.54, 1.807) is 0 Å². The van der Waals surface area contributed by atoms with Gasteiger partial charge in [0.05, 0.1) is 6.10 Å². The predicted molar refractivity (Wildman–Crippen MR) is 56.0 cm³/mol. The molecule has 0 aliphatic heterocycles. The van der Waals surface area contributed by atoms with Crippen molar-refractivity contribution >= 4 is 23.2 Å². The highest BCUT2D eigenvalue weighted by Crippen LogP contribution is 2.40. The molecule has 2 unspecified atom stereocenters. The molecule has 0 heterocycles. The molecule has 0 saturated heterocycles. The third-order valence-corrected chi connectivity index (χ3v) is 3.47. The van der Waals surface area contributed by atoms with Crippen molar-refractivity contribution < 1.29 is 5.11 Å². The van der Waals surface area contributed by atoms with E-state index in [-0.39, 0.29) is 11.5 Å². The minimum absolute atomic E-state index is 0.0521. The maximum atomic E-state index is 9.45. The van der Waals surface area contributed by atoms with Crippen LogP contribution < -0.4 is 5.32 Å². The molecule has 1 aliphatic carbocycles. The molecule has 2 N–H and O–H groups in total. The fourth-order valence-corrected chi connectivity index (χ4v) is 1.66. The zero-order chi connectivity index (χ0) is 10.1. The average Bonchev–Trinajstić information content (AvgIpc) is 2.11. The first-order valence-electron chi connectivity index (χ1n) is 4.34. The molecule has 76 valence electrons. The number of aliphatic hydroxyl groups is 1. The summed E-state index contributed by atoms with van der Waals surface area (Å²) in [6, 6.07) is 0.327. The lowest BCUT2D eigenvalue weighted by Gasteiger charge is -2.49. The molecule has 13 heavy (non-hydrogen) atoms. The van der Waals surface area contributed by atoms with Crippen molar-refractivity contribution in [3.05, 3.63) is 10.6 Å². The summed E-state index contributed by atoms with van der Waals surface area (Å²) in [5, 5.41) is 13.3. The largest absolute Gasteiger partial charge is 0.392 e. The SMILES string of the molecule is CC1(C)C(O)CC1NCC(Cl)=CCl. The molecule has 0 aromatic heterocycles. The minimum atomic E-state index is -0.205. The van der Waals surface area contributed by atoms with Gasteiger partial charge in [0.2, 0.25) is 0 Å². The normalized spacial score (nSPS) is 32.8. The van der Waals surface area contributed by atoms with Gasteiger partial charge in [0.25, 0.3) is 0 Å². The van der Waals surface area contributed by atoms with Crippen molar-refractivity contribution in [1.82, 2.24) is 5.32 Å². The van der Waals surface area contributed by atoms with E-state index in [1.165, 1.54) is 5.54 Å². The third-order valence-electron chi connectivity index (χ3n) is 2.85. The van der Waals surface area contributed by atoms with E-state index in [2.05, 4.69) is 5.32 Å². The molecule has 1 rings (SSSR count). The second-order valence-corrected chi connectivity index (χ2v) is 4.77. The van der Waals surface area contributed by atoms with Gasteiger partial charge >= 0.3 is 0 Å². The summed E-state index contributed by atoms with van der Waals surface area (Å²) >= 11 is 11.1. The molecule has 1 aliphatic rings. The van der Waals surface area contributed by atoms with Crippen LogP contribution >= 0.6 is 23.2 Å². The maximum Gasteiger partial charge on any atom is 0.0621 e. The van der Waals surface area contributed by atoms with E-state index in [4.69, 9.17) is 23.2 Å². The molecule has 0 aromatic rings. The van der Waals surface area contributed by atoms with Crippen molar-refractivity contribution in [1.29, 1.82) is 0 Å². The predicted octanol–water partition coefficient (Wildman–Crippen LogP) is 2.05. The van der Waals surface area contributed by atoms with Crippen molar-refractivity contribution in [2.24, 2.45) is 5.41 Å². The lowest BCUT2D eigenvalue weighted by atomic mass is 9.64. The molecule has 2 nitrogen and oxygen atoms in total. The highest BCUT2D eigenvalue weighted by Gasteiger charge is 2.46. The highest BCUT2D eigenvalue weighted by atomic mass is 35.5. The Morgan fingerprint density at radius 2 is 2.31 bits per heavy atom. The molecule has 1 fully saturated rings. The maximum absolute atomic E-state index is 9.45. The Bertz CT molecular complexity index is 216. The van der Waals surface area contributed by atoms with Crippen LogP contribution in [-0.4, -0.2) is 23.8 Å². The van der Waals surface area contributed by atoms with Crippen molar-refractivity contribution in [2.45, 2.75) is 32.4 Å². The summed E-state index contributed by atoms with van der Waals surface area (Å²) in [5.74, 6) is 0. The summed E-state index contributed by atoms with van der Waals surface area (Å²) in [6.07, 6.45) is 0.586. The Morgan fingerprint density at radius 3 is 2.69 bits per heavy atom. The van der Waals surface area contributed by atoms with Crippen LogP contribution in [-0.2, 0) is 0 Å². The van der Waals surface area contributed by atoms with Crippen LogP contribution in [0.5, 0.6) is 0 Å². The summed E-state index contributed by atoms with van der Waals surface area (Å²) < 4.78 is 0. The Kier molecular flexibility index (Phi) is 3.64. The van der Waals surface area contributed by atoms with E-state index in [1.807, 2.05) is 13.8 Å². The number of nitrogens with one attached hydrogen (secondary N) is 1. The van der Waals surface area contributed by atoms with E-state index in [0.29, 0.717) is 17.6 Å². The average molecular weight is 224 g/mol. The van der Waals surface area contributed by atoms with Gasteiger partial charge in [0.15, 0.2) is 0 Å². The van der Waals surface area contributed by atoms with Crippen molar-refractivity contribution in [2.75, 3.05) is 6.54 Å². The van der Waals surface area contributed by atoms with Crippen LogP contribution in [0.1, 0.15) is 20.3 Å². The number of aliphatic hydroxyl groups excluding tert-OH is 1. The van der Waals surface area contributed by atoms with Gasteiger partial charge in [-0.1, -0.05) is 37.0 Å². The fraction of sp³-hybridized carbons (Fsp3) is 0.778. The molecule has 0 radical (unpaired) electrons. The first-order valence-corrected chi connectivity index (χ1v) is 5.16. The Hall–Kier alpha value is 0.240. The number of hydrogen-bond donors (Lipinski definition) is 2. The molecule has 0 amide bonds. The Morgan fingerprint density at radius 1 is 1.69 bits per heavy atom. The quantitative estimate of drug-likeness (QED) is 0.768. The molecule has 4 heteroatoms. The first kappa shape index (κ1) is 11.3. The standard InChI is InChI=1S/C9H15Cl2NO/c1-9(2)7(3-8(9)13)12-5-6(11)4-10/h4,7-8,12-13H,3,5H2,1-2H3. The first-order chi connectivity index (χ1) is 5.98. The molecular weight excluding hydrogens is 209 g/mol. The Balaban J connectivity index is 2.33. The van der Waals surface area contributed by atoms with E-state index in [0.717, 1.165) is 6.42 Å². The number of hydrogen-bond acceptors (Lipinski definition) is 2. The van der Waals surface area contributed by atoms with Crippen LogP contribution in [0, 0.1) is 5.41 Å². The van der Waals surface area contributed by atoms with Gasteiger partial charge in [-0.05, 0) is 6.42 Å². The van der Waals surface area contributed by atoms with Gasteiger partial charge < -0.3 is 10.4 Å². The molecule has 0 aromatic carbocycles.